The van der Waals surface area contributed by atoms with Crippen molar-refractivity contribution < 1.29 is 14.3 Å². The van der Waals surface area contributed by atoms with Gasteiger partial charge in [-0.05, 0) is 6.92 Å². The fourth-order valence-corrected chi connectivity index (χ4v) is 3.73. The molecule has 0 aromatic carbocycles. The van der Waals surface area contributed by atoms with E-state index in [2.05, 4.69) is 15.3 Å². The van der Waals surface area contributed by atoms with Gasteiger partial charge in [0.15, 0.2) is 0 Å². The molecular weight excluding hydrogens is 302 g/mol. The number of ether oxygens (including phenoxy) is 2. The van der Waals surface area contributed by atoms with Gasteiger partial charge in [-0.25, -0.2) is 4.98 Å². The Bertz CT molecular complexity index is 536. The largest absolute Gasteiger partial charge is 0.376 e. The summed E-state index contributed by atoms with van der Waals surface area (Å²) in [4.78, 5) is 20.5. The summed E-state index contributed by atoms with van der Waals surface area (Å²) in [5, 5.41) is 3.21. The zero-order valence-corrected chi connectivity index (χ0v) is 14.0. The molecule has 1 atom stereocenters. The molecule has 2 fully saturated rings. The van der Waals surface area contributed by atoms with Crippen molar-refractivity contribution in [2.75, 3.05) is 46.0 Å². The molecule has 0 unspecified atom stereocenters. The van der Waals surface area contributed by atoms with Crippen LogP contribution in [0.5, 0.6) is 0 Å². The van der Waals surface area contributed by atoms with Crippen molar-refractivity contribution in [3.63, 3.8) is 0 Å². The number of rotatable bonds is 2. The Morgan fingerprint density at radius 3 is 3.00 bits per heavy atom. The number of carbonyl (C=O) groups is 1. The molecule has 3 rings (SSSR count). The molecule has 0 N–H and O–H groups in total. The predicted octanol–water partition coefficient (Wildman–Crippen LogP) is 0.901. The minimum Gasteiger partial charge on any atom is -0.376 e. The van der Waals surface area contributed by atoms with E-state index in [1.165, 1.54) is 0 Å². The van der Waals surface area contributed by atoms with E-state index in [0.29, 0.717) is 32.9 Å². The van der Waals surface area contributed by atoms with E-state index in [4.69, 9.17) is 9.47 Å². The number of aromatic nitrogens is 1. The highest BCUT2D eigenvalue weighted by Crippen LogP contribution is 2.24. The van der Waals surface area contributed by atoms with E-state index in [9.17, 15) is 4.79 Å². The van der Waals surface area contributed by atoms with E-state index < -0.39 is 5.60 Å². The molecule has 1 amide bonds. The predicted molar refractivity (Wildman–Crippen MR) is 83.9 cm³/mol. The van der Waals surface area contributed by atoms with Gasteiger partial charge in [0.2, 0.25) is 5.91 Å². The third-order valence-corrected chi connectivity index (χ3v) is 5.00. The quantitative estimate of drug-likeness (QED) is 0.809. The van der Waals surface area contributed by atoms with Crippen LogP contribution in [-0.2, 0) is 20.8 Å². The van der Waals surface area contributed by atoms with Crippen LogP contribution in [0.3, 0.4) is 0 Å². The third kappa shape index (κ3) is 3.65. The molecule has 22 heavy (non-hydrogen) atoms. The first-order chi connectivity index (χ1) is 10.6. The molecule has 7 heteroatoms. The normalized spacial score (nSPS) is 27.1. The zero-order valence-electron chi connectivity index (χ0n) is 13.2. The maximum atomic E-state index is 11.7. The Morgan fingerprint density at radius 2 is 2.27 bits per heavy atom. The van der Waals surface area contributed by atoms with Crippen LogP contribution in [-0.4, -0.2) is 72.3 Å². The fourth-order valence-electron chi connectivity index (χ4n) is 3.13. The Labute approximate surface area is 135 Å². The van der Waals surface area contributed by atoms with E-state index in [-0.39, 0.29) is 5.91 Å². The standard InChI is InChI=1S/C15H23N3O3S/c1-12-16-14(8-22-12)7-17-3-6-21-15(9-17)10-18(13(2)19)4-5-20-11-15/h8H,3-7,9-11H2,1-2H3/t15-/m1/s1. The van der Waals surface area contributed by atoms with Crippen LogP contribution in [0.15, 0.2) is 5.38 Å². The number of morpholine rings is 1. The van der Waals surface area contributed by atoms with Crippen molar-refractivity contribution in [3.05, 3.63) is 16.1 Å². The molecule has 2 aliphatic heterocycles. The van der Waals surface area contributed by atoms with Crippen LogP contribution < -0.4 is 0 Å². The summed E-state index contributed by atoms with van der Waals surface area (Å²) in [6.45, 7) is 9.16. The molecule has 0 radical (unpaired) electrons. The highest BCUT2D eigenvalue weighted by Gasteiger charge is 2.40. The molecular formula is C15H23N3O3S. The molecule has 1 spiro atoms. The molecule has 2 aliphatic rings. The van der Waals surface area contributed by atoms with Crippen LogP contribution in [0, 0.1) is 6.92 Å². The third-order valence-electron chi connectivity index (χ3n) is 4.17. The number of hydrogen-bond donors (Lipinski definition) is 0. The van der Waals surface area contributed by atoms with Gasteiger partial charge in [0.25, 0.3) is 0 Å². The Balaban J connectivity index is 1.68. The van der Waals surface area contributed by atoms with Crippen molar-refractivity contribution in [2.24, 2.45) is 0 Å². The summed E-state index contributed by atoms with van der Waals surface area (Å²) in [5.74, 6) is 0.0840. The monoisotopic (exact) mass is 325 g/mol. The number of amides is 1. The van der Waals surface area contributed by atoms with Crippen LogP contribution in [0.1, 0.15) is 17.6 Å². The Morgan fingerprint density at radius 1 is 1.41 bits per heavy atom. The van der Waals surface area contributed by atoms with Crippen LogP contribution in [0.4, 0.5) is 0 Å². The van der Waals surface area contributed by atoms with Gasteiger partial charge in [0.1, 0.15) is 5.60 Å². The van der Waals surface area contributed by atoms with Crippen LogP contribution in [0.2, 0.25) is 0 Å². The van der Waals surface area contributed by atoms with Crippen molar-refractivity contribution in [1.29, 1.82) is 0 Å². The Hall–Kier alpha value is -1.02. The van der Waals surface area contributed by atoms with Gasteiger partial charge in [0.05, 0.1) is 37.1 Å². The second kappa shape index (κ2) is 6.62. The number of thiazole rings is 1. The fraction of sp³-hybridized carbons (Fsp3) is 0.733. The highest BCUT2D eigenvalue weighted by atomic mass is 32.1. The maximum Gasteiger partial charge on any atom is 0.219 e. The molecule has 0 bridgehead atoms. The second-order valence-corrected chi connectivity index (χ2v) is 7.16. The molecule has 122 valence electrons. The molecule has 2 saturated heterocycles. The molecule has 3 heterocycles. The first-order valence-corrected chi connectivity index (χ1v) is 8.55. The summed E-state index contributed by atoms with van der Waals surface area (Å²) in [6, 6.07) is 0. The number of hydrogen-bond acceptors (Lipinski definition) is 6. The smallest absolute Gasteiger partial charge is 0.219 e. The van der Waals surface area contributed by atoms with Gasteiger partial charge >= 0.3 is 0 Å². The summed E-state index contributed by atoms with van der Waals surface area (Å²) < 4.78 is 11.8. The van der Waals surface area contributed by atoms with E-state index in [1.807, 2.05) is 11.8 Å². The molecule has 6 nitrogen and oxygen atoms in total. The lowest BCUT2D eigenvalue weighted by Gasteiger charge is -2.43. The van der Waals surface area contributed by atoms with Gasteiger partial charge in [-0.2, -0.15) is 0 Å². The minimum atomic E-state index is -0.411. The van der Waals surface area contributed by atoms with E-state index in [0.717, 1.165) is 30.3 Å². The average Bonchev–Trinajstić information content (AvgIpc) is 2.76. The first-order valence-electron chi connectivity index (χ1n) is 7.67. The zero-order chi connectivity index (χ0) is 15.6. The molecule has 1 aromatic rings. The van der Waals surface area contributed by atoms with Crippen LogP contribution >= 0.6 is 11.3 Å². The van der Waals surface area contributed by atoms with Crippen molar-refractivity contribution >= 4 is 17.2 Å². The van der Waals surface area contributed by atoms with Gasteiger partial charge in [-0.1, -0.05) is 0 Å². The lowest BCUT2D eigenvalue weighted by atomic mass is 10.0. The van der Waals surface area contributed by atoms with Gasteiger partial charge in [-0.3, -0.25) is 9.69 Å². The minimum absolute atomic E-state index is 0.0840. The second-order valence-electron chi connectivity index (χ2n) is 6.09. The number of carbonyl (C=O) groups excluding carboxylic acids is 1. The summed E-state index contributed by atoms with van der Waals surface area (Å²) in [7, 11) is 0. The van der Waals surface area contributed by atoms with Crippen molar-refractivity contribution in [3.8, 4) is 0 Å². The summed E-state index contributed by atoms with van der Waals surface area (Å²) in [6.07, 6.45) is 0. The van der Waals surface area contributed by atoms with Crippen LogP contribution in [0.25, 0.3) is 0 Å². The lowest BCUT2D eigenvalue weighted by molar-refractivity contribution is -0.151. The number of nitrogens with zero attached hydrogens (tertiary/aromatic N) is 3. The molecule has 0 aliphatic carbocycles. The number of aryl methyl sites for hydroxylation is 1. The van der Waals surface area contributed by atoms with Gasteiger partial charge < -0.3 is 14.4 Å². The molecule has 0 saturated carbocycles. The van der Waals surface area contributed by atoms with E-state index >= 15 is 0 Å². The molecule has 1 aromatic heterocycles. The van der Waals surface area contributed by atoms with Crippen molar-refractivity contribution in [2.45, 2.75) is 26.0 Å². The van der Waals surface area contributed by atoms with Gasteiger partial charge in [-0.15, -0.1) is 11.3 Å². The van der Waals surface area contributed by atoms with E-state index in [1.54, 1.807) is 18.3 Å². The maximum absolute atomic E-state index is 11.7. The lowest BCUT2D eigenvalue weighted by Crippen LogP contribution is -2.58. The van der Waals surface area contributed by atoms with Gasteiger partial charge in [0, 0.05) is 38.5 Å². The van der Waals surface area contributed by atoms with Crippen molar-refractivity contribution in [1.82, 2.24) is 14.8 Å². The summed E-state index contributed by atoms with van der Waals surface area (Å²) >= 11 is 1.68. The summed E-state index contributed by atoms with van der Waals surface area (Å²) in [5.41, 5.74) is 0.698. The SMILES string of the molecule is CC(=O)N1CCOC[C@@]2(CN(Cc3csc(C)n3)CCO2)C1. The Kier molecular flexibility index (Phi) is 4.77. The average molecular weight is 325 g/mol. The highest BCUT2D eigenvalue weighted by molar-refractivity contribution is 7.09. The topological polar surface area (TPSA) is 54.9 Å². The first kappa shape index (κ1) is 15.9.